The molecular formula is C25H17N3O4. The van der Waals surface area contributed by atoms with Crippen molar-refractivity contribution >= 4 is 29.0 Å². The Labute approximate surface area is 183 Å². The van der Waals surface area contributed by atoms with Crippen LogP contribution in [0, 0.1) is 6.92 Å². The van der Waals surface area contributed by atoms with Crippen molar-refractivity contribution in [1.82, 2.24) is 5.16 Å². The molecule has 7 nitrogen and oxygen atoms in total. The molecule has 2 aromatic carbocycles. The Morgan fingerprint density at radius 1 is 1.06 bits per heavy atom. The van der Waals surface area contributed by atoms with Gasteiger partial charge in [0.15, 0.2) is 5.78 Å². The maximum absolute atomic E-state index is 14.2. The molecule has 1 spiro atoms. The highest BCUT2D eigenvalue weighted by molar-refractivity contribution is 6.33. The van der Waals surface area contributed by atoms with E-state index in [0.29, 0.717) is 28.1 Å². The zero-order valence-electron chi connectivity index (χ0n) is 17.1. The van der Waals surface area contributed by atoms with Crippen LogP contribution in [-0.2, 0) is 10.2 Å². The van der Waals surface area contributed by atoms with Crippen LogP contribution in [0.1, 0.15) is 37.5 Å². The molecule has 32 heavy (non-hydrogen) atoms. The van der Waals surface area contributed by atoms with Gasteiger partial charge < -0.3 is 14.7 Å². The number of anilines is 2. The summed E-state index contributed by atoms with van der Waals surface area (Å²) in [5, 5.41) is 7.05. The Morgan fingerprint density at radius 2 is 1.75 bits per heavy atom. The molecule has 0 saturated carbocycles. The van der Waals surface area contributed by atoms with Crippen molar-refractivity contribution in [3.63, 3.8) is 0 Å². The second kappa shape index (κ2) is 6.13. The first kappa shape index (κ1) is 18.5. The number of benzene rings is 2. The Hall–Kier alpha value is -4.26. The smallest absolute Gasteiger partial charge is 0.247 e. The SMILES string of the molecule is C=CCN1C(=O)C2(C3=C(Nc4onc(C)c42)C(=O)c2ccccc2C3=O)c2ccccc21. The lowest BCUT2D eigenvalue weighted by molar-refractivity contribution is -0.120. The fraction of sp³-hybridized carbons (Fsp3) is 0.120. The number of Topliss-reactive ketones (excluding diaryl/α,β-unsaturated/α-hetero) is 2. The molecule has 0 bridgehead atoms. The second-order valence-electron chi connectivity index (χ2n) is 8.02. The number of para-hydroxylation sites is 1. The zero-order valence-corrected chi connectivity index (χ0v) is 17.1. The summed E-state index contributed by atoms with van der Waals surface area (Å²) < 4.78 is 5.50. The van der Waals surface area contributed by atoms with E-state index in [1.807, 2.05) is 24.3 Å². The van der Waals surface area contributed by atoms with Gasteiger partial charge in [0, 0.05) is 28.9 Å². The van der Waals surface area contributed by atoms with Crippen LogP contribution in [0.15, 0.2) is 77.0 Å². The van der Waals surface area contributed by atoms with E-state index >= 15 is 0 Å². The molecule has 1 N–H and O–H groups in total. The Morgan fingerprint density at radius 3 is 2.50 bits per heavy atom. The molecule has 1 aliphatic carbocycles. The number of carbonyl (C=O) groups is 3. The average Bonchev–Trinajstić information content (AvgIpc) is 3.30. The van der Waals surface area contributed by atoms with Gasteiger partial charge in [-0.2, -0.15) is 0 Å². The van der Waals surface area contributed by atoms with Gasteiger partial charge in [-0.1, -0.05) is 53.7 Å². The molecule has 0 fully saturated rings. The van der Waals surface area contributed by atoms with Gasteiger partial charge in [-0.05, 0) is 13.0 Å². The van der Waals surface area contributed by atoms with Crippen LogP contribution in [0.5, 0.6) is 0 Å². The number of nitrogens with one attached hydrogen (secondary N) is 1. The summed E-state index contributed by atoms with van der Waals surface area (Å²) in [6, 6.07) is 14.0. The maximum atomic E-state index is 14.2. The van der Waals surface area contributed by atoms with Crippen molar-refractivity contribution in [2.75, 3.05) is 16.8 Å². The molecule has 3 aliphatic rings. The minimum absolute atomic E-state index is 0.0564. The number of hydrogen-bond acceptors (Lipinski definition) is 6. The van der Waals surface area contributed by atoms with E-state index in [1.165, 1.54) is 0 Å². The summed E-state index contributed by atoms with van der Waals surface area (Å²) in [5.74, 6) is -0.856. The minimum Gasteiger partial charge on any atom is -0.338 e. The summed E-state index contributed by atoms with van der Waals surface area (Å²) in [4.78, 5) is 43.3. The number of allylic oxidation sites excluding steroid dienone is 1. The van der Waals surface area contributed by atoms with Crippen LogP contribution in [0.3, 0.4) is 0 Å². The normalized spacial score (nSPS) is 20.7. The molecule has 1 atom stereocenters. The minimum atomic E-state index is -1.54. The Kier molecular flexibility index (Phi) is 3.55. The third kappa shape index (κ3) is 1.96. The molecule has 1 aromatic heterocycles. The highest BCUT2D eigenvalue weighted by Gasteiger charge is 2.63. The first-order valence-electron chi connectivity index (χ1n) is 10.2. The van der Waals surface area contributed by atoms with Gasteiger partial charge in [0.25, 0.3) is 0 Å². The molecule has 7 heteroatoms. The van der Waals surface area contributed by atoms with E-state index < -0.39 is 5.41 Å². The highest BCUT2D eigenvalue weighted by Crippen LogP contribution is 2.57. The van der Waals surface area contributed by atoms with Gasteiger partial charge in [-0.25, -0.2) is 0 Å². The number of carbonyl (C=O) groups excluding carboxylic acids is 3. The zero-order chi connectivity index (χ0) is 22.2. The van der Waals surface area contributed by atoms with E-state index in [0.717, 1.165) is 0 Å². The van der Waals surface area contributed by atoms with E-state index in [2.05, 4.69) is 17.1 Å². The molecule has 0 saturated heterocycles. The maximum Gasteiger partial charge on any atom is 0.247 e. The predicted octanol–water partition coefficient (Wildman–Crippen LogP) is 3.56. The first-order chi connectivity index (χ1) is 15.5. The van der Waals surface area contributed by atoms with Crippen molar-refractivity contribution in [1.29, 1.82) is 0 Å². The van der Waals surface area contributed by atoms with Crippen molar-refractivity contribution in [3.8, 4) is 0 Å². The van der Waals surface area contributed by atoms with Crippen molar-refractivity contribution < 1.29 is 18.9 Å². The average molecular weight is 423 g/mol. The third-order valence-electron chi connectivity index (χ3n) is 6.45. The van der Waals surface area contributed by atoms with E-state index in [1.54, 1.807) is 42.2 Å². The first-order valence-corrected chi connectivity index (χ1v) is 10.2. The van der Waals surface area contributed by atoms with Crippen LogP contribution >= 0.6 is 0 Å². The monoisotopic (exact) mass is 423 g/mol. The van der Waals surface area contributed by atoms with Gasteiger partial charge in [0.2, 0.25) is 17.6 Å². The highest BCUT2D eigenvalue weighted by atomic mass is 16.5. The fourth-order valence-corrected chi connectivity index (χ4v) is 5.23. The molecule has 156 valence electrons. The topological polar surface area (TPSA) is 92.5 Å². The summed E-state index contributed by atoms with van der Waals surface area (Å²) >= 11 is 0. The summed E-state index contributed by atoms with van der Waals surface area (Å²) in [6.07, 6.45) is 1.63. The second-order valence-corrected chi connectivity index (χ2v) is 8.02. The third-order valence-corrected chi connectivity index (χ3v) is 6.45. The molecule has 1 amide bonds. The molecule has 1 unspecified atom stereocenters. The number of aromatic nitrogens is 1. The summed E-state index contributed by atoms with van der Waals surface area (Å²) in [5.41, 5.74) is 1.42. The summed E-state index contributed by atoms with van der Waals surface area (Å²) in [6.45, 7) is 5.77. The standard InChI is InChI=1S/C25H17N3O4/c1-3-12-28-17-11-7-6-10-16(17)25(24(28)31)18-13(2)27-32-23(18)26-20-19(25)21(29)14-8-4-5-9-15(14)22(20)30/h3-11,26H,1,12H2,2H3. The Balaban J connectivity index is 1.77. The molecule has 3 heterocycles. The molecule has 3 aromatic rings. The number of fused-ring (bicyclic) bond motifs is 6. The Bertz CT molecular complexity index is 1430. The van der Waals surface area contributed by atoms with Crippen molar-refractivity contribution in [2.45, 2.75) is 12.3 Å². The van der Waals surface area contributed by atoms with Gasteiger partial charge in [0.1, 0.15) is 5.41 Å². The van der Waals surface area contributed by atoms with Gasteiger partial charge >= 0.3 is 0 Å². The van der Waals surface area contributed by atoms with Gasteiger partial charge in [-0.3, -0.25) is 14.4 Å². The van der Waals surface area contributed by atoms with E-state index in [-0.39, 0.29) is 46.7 Å². The van der Waals surface area contributed by atoms with Crippen LogP contribution in [0.2, 0.25) is 0 Å². The fourth-order valence-electron chi connectivity index (χ4n) is 5.23. The number of ketones is 2. The number of rotatable bonds is 2. The number of hydrogen-bond donors (Lipinski definition) is 1. The van der Waals surface area contributed by atoms with E-state index in [4.69, 9.17) is 4.52 Å². The number of amides is 1. The van der Waals surface area contributed by atoms with Crippen LogP contribution in [0.25, 0.3) is 0 Å². The van der Waals surface area contributed by atoms with E-state index in [9.17, 15) is 14.4 Å². The molecule has 0 radical (unpaired) electrons. The van der Waals surface area contributed by atoms with Crippen LogP contribution < -0.4 is 10.2 Å². The quantitative estimate of drug-likeness (QED) is 0.634. The van der Waals surface area contributed by atoms with Gasteiger partial charge in [-0.15, -0.1) is 6.58 Å². The van der Waals surface area contributed by atoms with Gasteiger partial charge in [0.05, 0.1) is 22.5 Å². The lowest BCUT2D eigenvalue weighted by Gasteiger charge is -2.37. The van der Waals surface area contributed by atoms with Crippen molar-refractivity contribution in [2.24, 2.45) is 0 Å². The molecular weight excluding hydrogens is 406 g/mol. The molecule has 6 rings (SSSR count). The molecule has 2 aliphatic heterocycles. The van der Waals surface area contributed by atoms with Crippen LogP contribution in [0.4, 0.5) is 11.6 Å². The number of aryl methyl sites for hydroxylation is 1. The predicted molar refractivity (Wildman–Crippen MR) is 117 cm³/mol. The number of nitrogens with zero attached hydrogens (tertiary/aromatic N) is 2. The summed E-state index contributed by atoms with van der Waals surface area (Å²) in [7, 11) is 0. The lowest BCUT2D eigenvalue weighted by Crippen LogP contribution is -2.50. The van der Waals surface area contributed by atoms with Crippen LogP contribution in [-0.4, -0.2) is 29.2 Å². The lowest BCUT2D eigenvalue weighted by atomic mass is 9.63. The largest absolute Gasteiger partial charge is 0.338 e. The van der Waals surface area contributed by atoms with Crippen molar-refractivity contribution in [3.05, 3.63) is 100 Å².